The molecule has 0 saturated carbocycles. The molecule has 1 aromatic heterocycles. The third-order valence-corrected chi connectivity index (χ3v) is 3.45. The first-order chi connectivity index (χ1) is 11.5. The summed E-state index contributed by atoms with van der Waals surface area (Å²) < 4.78 is 1.91. The predicted octanol–water partition coefficient (Wildman–Crippen LogP) is 1.93. The largest absolute Gasteiger partial charge is 0.355 e. The zero-order valence-electron chi connectivity index (χ0n) is 14.0. The third kappa shape index (κ3) is 4.31. The van der Waals surface area contributed by atoms with Crippen LogP contribution >= 0.6 is 0 Å². The first-order valence-corrected chi connectivity index (χ1v) is 7.82. The molecule has 0 spiro atoms. The Balaban J connectivity index is 2.00. The number of aryl methyl sites for hydroxylation is 1. The minimum atomic E-state index is -0.373. The zero-order valence-corrected chi connectivity index (χ0v) is 14.0. The molecule has 1 atom stereocenters. The first kappa shape index (κ1) is 17.5. The van der Waals surface area contributed by atoms with Crippen molar-refractivity contribution in [2.45, 2.75) is 32.9 Å². The maximum Gasteiger partial charge on any atom is 0.319 e. The van der Waals surface area contributed by atoms with Crippen LogP contribution in [0, 0.1) is 0 Å². The SMILES string of the molecule is CCCn1cnnc1C(C)NC(=O)Nc1cccc(C(=O)NC)c1. The molecule has 24 heavy (non-hydrogen) atoms. The fourth-order valence-corrected chi connectivity index (χ4v) is 2.32. The van der Waals surface area contributed by atoms with Crippen LogP contribution < -0.4 is 16.0 Å². The molecule has 0 saturated heterocycles. The summed E-state index contributed by atoms with van der Waals surface area (Å²) in [6, 6.07) is 6.06. The number of nitrogens with one attached hydrogen (secondary N) is 3. The van der Waals surface area contributed by atoms with E-state index < -0.39 is 0 Å². The van der Waals surface area contributed by atoms with Crippen molar-refractivity contribution in [2.75, 3.05) is 12.4 Å². The van der Waals surface area contributed by atoms with Crippen LogP contribution in [0.4, 0.5) is 10.5 Å². The van der Waals surface area contributed by atoms with E-state index in [1.165, 1.54) is 0 Å². The van der Waals surface area contributed by atoms with Gasteiger partial charge in [0, 0.05) is 24.8 Å². The molecule has 0 radical (unpaired) electrons. The summed E-state index contributed by atoms with van der Waals surface area (Å²) in [5, 5.41) is 16.0. The second kappa shape index (κ2) is 8.09. The van der Waals surface area contributed by atoms with Crippen LogP contribution in [0.5, 0.6) is 0 Å². The van der Waals surface area contributed by atoms with Crippen molar-refractivity contribution in [3.05, 3.63) is 42.0 Å². The second-order valence-corrected chi connectivity index (χ2v) is 5.36. The molecule has 0 aliphatic carbocycles. The number of anilines is 1. The lowest BCUT2D eigenvalue weighted by Crippen LogP contribution is -2.32. The van der Waals surface area contributed by atoms with Crippen molar-refractivity contribution in [3.63, 3.8) is 0 Å². The number of rotatable bonds is 6. The number of hydrogen-bond acceptors (Lipinski definition) is 4. The molecule has 2 aromatic rings. The van der Waals surface area contributed by atoms with Gasteiger partial charge in [0.1, 0.15) is 6.33 Å². The van der Waals surface area contributed by atoms with Crippen LogP contribution in [-0.4, -0.2) is 33.8 Å². The molecule has 1 heterocycles. The predicted molar refractivity (Wildman–Crippen MR) is 90.7 cm³/mol. The molecule has 3 N–H and O–H groups in total. The average molecular weight is 330 g/mol. The van der Waals surface area contributed by atoms with E-state index in [0.717, 1.165) is 13.0 Å². The van der Waals surface area contributed by atoms with Crippen LogP contribution in [-0.2, 0) is 6.54 Å². The van der Waals surface area contributed by atoms with Gasteiger partial charge in [0.05, 0.1) is 6.04 Å². The maximum atomic E-state index is 12.2. The van der Waals surface area contributed by atoms with Crippen molar-refractivity contribution in [1.29, 1.82) is 0 Å². The van der Waals surface area contributed by atoms with Gasteiger partial charge in [-0.3, -0.25) is 4.79 Å². The summed E-state index contributed by atoms with van der Waals surface area (Å²) in [5.74, 6) is 0.492. The molecule has 8 heteroatoms. The number of hydrogen-bond donors (Lipinski definition) is 3. The van der Waals surface area contributed by atoms with Gasteiger partial charge in [0.25, 0.3) is 5.91 Å². The fraction of sp³-hybridized carbons (Fsp3) is 0.375. The lowest BCUT2D eigenvalue weighted by molar-refractivity contribution is 0.0963. The first-order valence-electron chi connectivity index (χ1n) is 7.82. The van der Waals surface area contributed by atoms with Crippen molar-refractivity contribution in [3.8, 4) is 0 Å². The van der Waals surface area contributed by atoms with Crippen LogP contribution in [0.25, 0.3) is 0 Å². The number of amides is 3. The van der Waals surface area contributed by atoms with Crippen LogP contribution in [0.3, 0.4) is 0 Å². The van der Waals surface area contributed by atoms with Crippen molar-refractivity contribution in [1.82, 2.24) is 25.4 Å². The van der Waals surface area contributed by atoms with Gasteiger partial charge in [-0.25, -0.2) is 4.79 Å². The molecule has 8 nitrogen and oxygen atoms in total. The average Bonchev–Trinajstić information content (AvgIpc) is 3.03. The summed E-state index contributed by atoms with van der Waals surface area (Å²) in [5.41, 5.74) is 1.02. The second-order valence-electron chi connectivity index (χ2n) is 5.36. The molecule has 0 fully saturated rings. The minimum absolute atomic E-state index is 0.208. The molecule has 0 bridgehead atoms. The van der Waals surface area contributed by atoms with Gasteiger partial charge < -0.3 is 20.5 Å². The van der Waals surface area contributed by atoms with Gasteiger partial charge in [-0.2, -0.15) is 0 Å². The van der Waals surface area contributed by atoms with E-state index in [4.69, 9.17) is 0 Å². The summed E-state index contributed by atoms with van der Waals surface area (Å²) in [6.45, 7) is 4.70. The highest BCUT2D eigenvalue weighted by atomic mass is 16.2. The Morgan fingerprint density at radius 3 is 2.83 bits per heavy atom. The Bertz CT molecular complexity index is 712. The number of carbonyl (C=O) groups excluding carboxylic acids is 2. The summed E-state index contributed by atoms with van der Waals surface area (Å²) in [4.78, 5) is 23.8. The molecule has 1 aromatic carbocycles. The number of benzene rings is 1. The quantitative estimate of drug-likeness (QED) is 0.753. The van der Waals surface area contributed by atoms with Gasteiger partial charge in [-0.05, 0) is 31.5 Å². The van der Waals surface area contributed by atoms with Crippen LogP contribution in [0.1, 0.15) is 42.5 Å². The fourth-order valence-electron chi connectivity index (χ4n) is 2.32. The van der Waals surface area contributed by atoms with Gasteiger partial charge in [-0.15, -0.1) is 10.2 Å². The lowest BCUT2D eigenvalue weighted by Gasteiger charge is -2.15. The van der Waals surface area contributed by atoms with Gasteiger partial charge in [0.2, 0.25) is 0 Å². The van der Waals surface area contributed by atoms with E-state index in [9.17, 15) is 9.59 Å². The third-order valence-electron chi connectivity index (χ3n) is 3.45. The number of carbonyl (C=O) groups is 2. The summed E-state index contributed by atoms with van der Waals surface area (Å²) in [6.07, 6.45) is 2.61. The highest BCUT2D eigenvalue weighted by Crippen LogP contribution is 2.13. The Labute approximate surface area is 140 Å². The maximum absolute atomic E-state index is 12.2. The molecule has 0 aliphatic heterocycles. The summed E-state index contributed by atoms with van der Waals surface area (Å²) in [7, 11) is 1.56. The van der Waals surface area contributed by atoms with E-state index in [-0.39, 0.29) is 18.0 Å². The highest BCUT2D eigenvalue weighted by molar-refractivity contribution is 5.96. The highest BCUT2D eigenvalue weighted by Gasteiger charge is 2.15. The van der Waals surface area contributed by atoms with Crippen molar-refractivity contribution in [2.24, 2.45) is 0 Å². The van der Waals surface area contributed by atoms with Crippen LogP contribution in [0.15, 0.2) is 30.6 Å². The van der Waals surface area contributed by atoms with Crippen molar-refractivity contribution < 1.29 is 9.59 Å². The Kier molecular flexibility index (Phi) is 5.89. The molecule has 2 rings (SSSR count). The van der Waals surface area contributed by atoms with Gasteiger partial charge in [-0.1, -0.05) is 13.0 Å². The lowest BCUT2D eigenvalue weighted by atomic mass is 10.2. The zero-order chi connectivity index (χ0) is 17.5. The topological polar surface area (TPSA) is 101 Å². The molecule has 3 amide bonds. The van der Waals surface area contributed by atoms with E-state index in [1.807, 2.05) is 11.5 Å². The monoisotopic (exact) mass is 330 g/mol. The standard InChI is InChI=1S/C16H22N6O2/c1-4-8-22-10-18-21-14(22)11(2)19-16(24)20-13-7-5-6-12(9-13)15(23)17-3/h5-7,9-11H,4,8H2,1-3H3,(H,17,23)(H2,19,20,24). The molecule has 1 unspecified atom stereocenters. The molecular formula is C16H22N6O2. The Hall–Kier alpha value is -2.90. The van der Waals surface area contributed by atoms with E-state index in [0.29, 0.717) is 17.1 Å². The van der Waals surface area contributed by atoms with E-state index in [1.54, 1.807) is 37.6 Å². The Morgan fingerprint density at radius 1 is 1.33 bits per heavy atom. The van der Waals surface area contributed by atoms with E-state index in [2.05, 4.69) is 33.1 Å². The van der Waals surface area contributed by atoms with Crippen molar-refractivity contribution >= 4 is 17.6 Å². The van der Waals surface area contributed by atoms with E-state index >= 15 is 0 Å². The number of urea groups is 1. The molecular weight excluding hydrogens is 308 g/mol. The van der Waals surface area contributed by atoms with Gasteiger partial charge in [0.15, 0.2) is 5.82 Å². The van der Waals surface area contributed by atoms with Gasteiger partial charge >= 0.3 is 6.03 Å². The number of nitrogens with zero attached hydrogens (tertiary/aromatic N) is 3. The van der Waals surface area contributed by atoms with Crippen LogP contribution in [0.2, 0.25) is 0 Å². The summed E-state index contributed by atoms with van der Waals surface area (Å²) >= 11 is 0. The normalized spacial score (nSPS) is 11.6. The Morgan fingerprint density at radius 2 is 2.12 bits per heavy atom. The number of aromatic nitrogens is 3. The molecule has 0 aliphatic rings. The minimum Gasteiger partial charge on any atom is -0.355 e. The smallest absolute Gasteiger partial charge is 0.319 e. The molecule has 128 valence electrons.